The molecule has 0 unspecified atom stereocenters. The Balaban J connectivity index is 4.69. The lowest BCUT2D eigenvalue weighted by atomic mass is 10.4. The van der Waals surface area contributed by atoms with Crippen molar-refractivity contribution in [3.05, 3.63) is 0 Å². The molecule has 0 aliphatic rings. The molecule has 0 aromatic carbocycles. The highest BCUT2D eigenvalue weighted by molar-refractivity contribution is 5.81. The second kappa shape index (κ2) is 12.6. The predicted octanol–water partition coefficient (Wildman–Crippen LogP) is -5.20. The molecule has 0 fully saturated rings. The van der Waals surface area contributed by atoms with Gasteiger partial charge in [-0.15, -0.1) is 0 Å². The van der Waals surface area contributed by atoms with Gasteiger partial charge in [0.2, 0.25) is 0 Å². The van der Waals surface area contributed by atoms with Gasteiger partial charge in [0.05, 0.1) is 0 Å². The second-order valence-corrected chi connectivity index (χ2v) is 4.70. The van der Waals surface area contributed by atoms with Crippen LogP contribution in [0.4, 0.5) is 0 Å². The highest BCUT2D eigenvalue weighted by Gasteiger charge is 2.19. The minimum atomic E-state index is -1.14. The van der Waals surface area contributed by atoms with E-state index < -0.39 is 56.9 Å². The van der Waals surface area contributed by atoms with Gasteiger partial charge >= 0.3 is 17.9 Å². The molecule has 0 aliphatic carbocycles. The van der Waals surface area contributed by atoms with Crippen molar-refractivity contribution in [3.63, 3.8) is 0 Å². The third-order valence-electron chi connectivity index (χ3n) is 2.33. The molecule has 0 aromatic heterocycles. The molecule has 15 heteroatoms. The van der Waals surface area contributed by atoms with Crippen molar-refractivity contribution >= 4 is 35.8 Å². The largest absolute Gasteiger partial charge is 0.460 e. The molecule has 12 N–H and O–H groups in total. The predicted molar refractivity (Wildman–Crippen MR) is 93.8 cm³/mol. The van der Waals surface area contributed by atoms with Crippen LogP contribution in [0.3, 0.4) is 0 Å². The standard InChI is InChI=1S/C12H23N9O6/c13-10(14)19-1-7(22)25-4-6(27-9(24)3-21-12(17)18)5-26-8(23)2-20-11(15)16/h6H,1-5H2,(H4,13,14,19)(H4,15,16,20)(H4,17,18,21). The molecule has 0 rings (SSSR count). The molecule has 0 radical (unpaired) electrons. The fourth-order valence-electron chi connectivity index (χ4n) is 1.27. The number of carbonyl (C=O) groups excluding carboxylic acids is 3. The van der Waals surface area contributed by atoms with E-state index in [2.05, 4.69) is 15.0 Å². The smallest absolute Gasteiger partial charge is 0.328 e. The van der Waals surface area contributed by atoms with E-state index >= 15 is 0 Å². The number of guanidine groups is 3. The van der Waals surface area contributed by atoms with E-state index in [1.807, 2.05) is 0 Å². The highest BCUT2D eigenvalue weighted by atomic mass is 16.6. The summed E-state index contributed by atoms with van der Waals surface area (Å²) in [5.41, 5.74) is 30.5. The Morgan fingerprint density at radius 3 is 1.30 bits per heavy atom. The molecule has 0 spiro atoms. The van der Waals surface area contributed by atoms with Gasteiger partial charge in [-0.05, 0) is 0 Å². The van der Waals surface area contributed by atoms with Gasteiger partial charge in [0.1, 0.15) is 32.8 Å². The maximum absolute atomic E-state index is 11.6. The first-order chi connectivity index (χ1) is 12.6. The third-order valence-corrected chi connectivity index (χ3v) is 2.33. The van der Waals surface area contributed by atoms with Crippen LogP contribution in [0.2, 0.25) is 0 Å². The zero-order chi connectivity index (χ0) is 20.8. The molecule has 15 nitrogen and oxygen atoms in total. The summed E-state index contributed by atoms with van der Waals surface area (Å²) in [6.45, 7) is -2.25. The van der Waals surface area contributed by atoms with Crippen molar-refractivity contribution in [2.75, 3.05) is 32.8 Å². The average molecular weight is 389 g/mol. The first-order valence-electron chi connectivity index (χ1n) is 7.27. The van der Waals surface area contributed by atoms with Crippen molar-refractivity contribution in [1.82, 2.24) is 0 Å². The van der Waals surface area contributed by atoms with E-state index in [0.717, 1.165) is 0 Å². The minimum Gasteiger partial charge on any atom is -0.460 e. The topological polar surface area (TPSA) is 272 Å². The Morgan fingerprint density at radius 1 is 0.630 bits per heavy atom. The lowest BCUT2D eigenvalue weighted by Crippen LogP contribution is -2.33. The van der Waals surface area contributed by atoms with Crippen LogP contribution in [-0.2, 0) is 28.6 Å². The number of nitrogens with zero attached hydrogens (tertiary/aromatic N) is 3. The van der Waals surface area contributed by atoms with E-state index in [4.69, 9.17) is 48.6 Å². The number of carbonyl (C=O) groups is 3. The van der Waals surface area contributed by atoms with Gasteiger partial charge in [-0.3, -0.25) is 14.4 Å². The molecule has 0 saturated heterocycles. The Bertz CT molecular complexity index is 570. The number of ether oxygens (including phenoxy) is 3. The van der Waals surface area contributed by atoms with Gasteiger partial charge < -0.3 is 48.6 Å². The SMILES string of the molecule is NC(N)=NCC(=O)OCC(COC(=O)CN=C(N)N)OC(=O)CN=C(N)N. The number of nitrogens with two attached hydrogens (primary N) is 6. The second-order valence-electron chi connectivity index (χ2n) is 4.70. The van der Waals surface area contributed by atoms with Crippen LogP contribution in [-0.4, -0.2) is 74.7 Å². The average Bonchev–Trinajstić information content (AvgIpc) is 2.58. The highest BCUT2D eigenvalue weighted by Crippen LogP contribution is 1.99. The van der Waals surface area contributed by atoms with Gasteiger partial charge in [0, 0.05) is 0 Å². The number of esters is 3. The van der Waals surface area contributed by atoms with E-state index in [9.17, 15) is 14.4 Å². The number of hydrogen-bond acceptors (Lipinski definition) is 9. The maximum atomic E-state index is 11.6. The van der Waals surface area contributed by atoms with Gasteiger partial charge in [0.15, 0.2) is 24.0 Å². The lowest BCUT2D eigenvalue weighted by Gasteiger charge is -2.17. The summed E-state index contributed by atoms with van der Waals surface area (Å²) >= 11 is 0. The molecular weight excluding hydrogens is 366 g/mol. The molecule has 0 aromatic rings. The molecular formula is C12H23N9O6. The Labute approximate surface area is 153 Å². The van der Waals surface area contributed by atoms with Gasteiger partial charge in [-0.1, -0.05) is 0 Å². The summed E-state index contributed by atoms with van der Waals surface area (Å²) in [7, 11) is 0. The van der Waals surface area contributed by atoms with Gasteiger partial charge in [0.25, 0.3) is 0 Å². The van der Waals surface area contributed by atoms with E-state index in [1.165, 1.54) is 0 Å². The Kier molecular flexibility index (Phi) is 10.8. The van der Waals surface area contributed by atoms with Crippen molar-refractivity contribution in [2.45, 2.75) is 6.10 Å². The van der Waals surface area contributed by atoms with Gasteiger partial charge in [-0.25, -0.2) is 15.0 Å². The van der Waals surface area contributed by atoms with Crippen LogP contribution >= 0.6 is 0 Å². The monoisotopic (exact) mass is 389 g/mol. The molecule has 0 heterocycles. The molecule has 27 heavy (non-hydrogen) atoms. The minimum absolute atomic E-state index is 0.305. The Hall–Kier alpha value is -3.78. The van der Waals surface area contributed by atoms with Crippen molar-refractivity contribution in [2.24, 2.45) is 49.4 Å². The Morgan fingerprint density at radius 2 is 0.963 bits per heavy atom. The van der Waals surface area contributed by atoms with Crippen LogP contribution in [0.1, 0.15) is 0 Å². The first-order valence-corrected chi connectivity index (χ1v) is 7.27. The summed E-state index contributed by atoms with van der Waals surface area (Å²) in [6.07, 6.45) is -1.14. The molecule has 0 amide bonds. The van der Waals surface area contributed by atoms with Crippen molar-refractivity contribution in [3.8, 4) is 0 Å². The number of rotatable bonds is 11. The van der Waals surface area contributed by atoms with E-state index in [-0.39, 0.29) is 17.9 Å². The summed E-state index contributed by atoms with van der Waals surface area (Å²) in [5, 5.41) is 0. The molecule has 0 atom stereocenters. The van der Waals surface area contributed by atoms with E-state index in [1.54, 1.807) is 0 Å². The third kappa shape index (κ3) is 14.3. The fraction of sp³-hybridized carbons (Fsp3) is 0.500. The van der Waals surface area contributed by atoms with Crippen LogP contribution < -0.4 is 34.4 Å². The summed E-state index contributed by atoms with van der Waals surface area (Å²) in [5.74, 6) is -3.40. The number of hydrogen-bond donors (Lipinski definition) is 6. The summed E-state index contributed by atoms with van der Waals surface area (Å²) in [4.78, 5) is 45.0. The van der Waals surface area contributed by atoms with Crippen LogP contribution in [0.5, 0.6) is 0 Å². The quantitative estimate of drug-likeness (QED) is 0.0836. The van der Waals surface area contributed by atoms with Crippen LogP contribution in [0.15, 0.2) is 15.0 Å². The summed E-state index contributed by atoms with van der Waals surface area (Å²) in [6, 6.07) is 0. The van der Waals surface area contributed by atoms with Crippen LogP contribution in [0.25, 0.3) is 0 Å². The molecule has 0 aliphatic heterocycles. The maximum Gasteiger partial charge on any atom is 0.328 e. The molecule has 152 valence electrons. The molecule has 0 bridgehead atoms. The van der Waals surface area contributed by atoms with E-state index in [0.29, 0.717) is 0 Å². The van der Waals surface area contributed by atoms with Gasteiger partial charge in [-0.2, -0.15) is 0 Å². The zero-order valence-corrected chi connectivity index (χ0v) is 14.4. The number of aliphatic imine (C=N–C) groups is 3. The van der Waals surface area contributed by atoms with Crippen molar-refractivity contribution in [1.29, 1.82) is 0 Å². The first kappa shape index (κ1) is 23.2. The van der Waals surface area contributed by atoms with Crippen molar-refractivity contribution < 1.29 is 28.6 Å². The summed E-state index contributed by atoms with van der Waals surface area (Å²) < 4.78 is 14.6. The zero-order valence-electron chi connectivity index (χ0n) is 14.4. The lowest BCUT2D eigenvalue weighted by molar-refractivity contribution is -0.164. The van der Waals surface area contributed by atoms with Crippen LogP contribution in [0, 0.1) is 0 Å². The fourth-order valence-corrected chi connectivity index (χ4v) is 1.27. The normalized spacial score (nSPS) is 9.67. The molecule has 0 saturated carbocycles.